The summed E-state index contributed by atoms with van der Waals surface area (Å²) in [5.74, 6) is -3.93. The van der Waals surface area contributed by atoms with Crippen LogP contribution in [0.4, 0.5) is 13.2 Å². The lowest BCUT2D eigenvalue weighted by Gasteiger charge is -2.29. The van der Waals surface area contributed by atoms with Crippen molar-refractivity contribution in [2.24, 2.45) is 5.92 Å². The molecule has 5 rings (SSSR count). The van der Waals surface area contributed by atoms with Gasteiger partial charge in [0.1, 0.15) is 23.2 Å². The molecule has 1 saturated heterocycles. The van der Waals surface area contributed by atoms with Crippen LogP contribution < -0.4 is 4.74 Å². The van der Waals surface area contributed by atoms with E-state index in [1.807, 2.05) is 26.0 Å². The number of carboxylic acids is 1. The average Bonchev–Trinajstić information content (AvgIpc) is 3.46. The van der Waals surface area contributed by atoms with Crippen LogP contribution in [0.5, 0.6) is 5.75 Å². The third-order valence-electron chi connectivity index (χ3n) is 8.23. The molecule has 244 valence electrons. The second-order valence-electron chi connectivity index (χ2n) is 11.4. The Morgan fingerprint density at radius 3 is 2.28 bits per heavy atom. The maximum absolute atomic E-state index is 15.4. The monoisotopic (exact) mass is 693 g/mol. The summed E-state index contributed by atoms with van der Waals surface area (Å²) >= 11 is 7.29. The van der Waals surface area contributed by atoms with Crippen LogP contribution in [0.2, 0.25) is 5.02 Å². The van der Waals surface area contributed by atoms with Gasteiger partial charge in [-0.2, -0.15) is 4.31 Å². The number of ether oxygens (including phenoxy) is 1. The van der Waals surface area contributed by atoms with Gasteiger partial charge < -0.3 is 9.84 Å². The lowest BCUT2D eigenvalue weighted by atomic mass is 9.81. The maximum atomic E-state index is 15.4. The Kier molecular flexibility index (Phi) is 9.78. The Labute approximate surface area is 274 Å². The molecule has 14 heteroatoms. The predicted molar refractivity (Wildman–Crippen MR) is 169 cm³/mol. The molecule has 46 heavy (non-hydrogen) atoms. The molecule has 1 aliphatic rings. The van der Waals surface area contributed by atoms with Crippen LogP contribution in [-0.4, -0.2) is 53.5 Å². The Bertz CT molecular complexity index is 1850. The maximum Gasteiger partial charge on any atom is 0.306 e. The van der Waals surface area contributed by atoms with E-state index in [2.05, 4.69) is 4.98 Å². The Morgan fingerprint density at radius 1 is 1.07 bits per heavy atom. The first-order chi connectivity index (χ1) is 21.7. The van der Waals surface area contributed by atoms with E-state index in [1.54, 1.807) is 29.0 Å². The van der Waals surface area contributed by atoms with Gasteiger partial charge >= 0.3 is 5.97 Å². The number of imidazole rings is 1. The Hall–Kier alpha value is -3.52. The average molecular weight is 694 g/mol. The molecule has 0 bridgehead atoms. The standard InChI is InChI=1S/C32H31ClF3N3O5S2/c1-32(2,20-4-9-25(33)28(14-20)44-3)29-17-37-31(39(29)22-7-5-21(34)6-8-22)45-18-24-26(35)15-23(16-27(24)36)46(42,43)38-12-10-19(11-13-38)30(40)41/h4-9,14-17,19H,10-13,18H2,1-3H3,(H,40,41). The fourth-order valence-corrected chi connectivity index (χ4v) is 8.11. The fourth-order valence-electron chi connectivity index (χ4n) is 5.41. The number of rotatable bonds is 10. The van der Waals surface area contributed by atoms with Crippen molar-refractivity contribution < 1.29 is 36.2 Å². The van der Waals surface area contributed by atoms with Gasteiger partial charge in [-0.3, -0.25) is 9.36 Å². The number of aromatic nitrogens is 2. The summed E-state index contributed by atoms with van der Waals surface area (Å²) in [6.45, 7) is 3.80. The number of sulfonamides is 1. The summed E-state index contributed by atoms with van der Waals surface area (Å²) in [5.41, 5.74) is 1.07. The minimum atomic E-state index is -4.24. The highest BCUT2D eigenvalue weighted by atomic mass is 35.5. The number of benzene rings is 3. The third-order valence-corrected chi connectivity index (χ3v) is 11.4. The van der Waals surface area contributed by atoms with E-state index in [1.165, 1.54) is 19.2 Å². The van der Waals surface area contributed by atoms with Crippen LogP contribution in [-0.2, 0) is 26.0 Å². The first-order valence-corrected chi connectivity index (χ1v) is 17.1. The lowest BCUT2D eigenvalue weighted by molar-refractivity contribution is -0.142. The number of piperidine rings is 1. The second kappa shape index (κ2) is 13.3. The molecule has 0 amide bonds. The fraction of sp³-hybridized carbons (Fsp3) is 0.312. The van der Waals surface area contributed by atoms with Crippen molar-refractivity contribution >= 4 is 39.4 Å². The summed E-state index contributed by atoms with van der Waals surface area (Å²) in [7, 11) is -2.73. The molecule has 1 aliphatic heterocycles. The van der Waals surface area contributed by atoms with E-state index >= 15 is 8.78 Å². The number of halogens is 4. The predicted octanol–water partition coefficient (Wildman–Crippen LogP) is 7.06. The molecule has 0 spiro atoms. The molecule has 1 fully saturated rings. The van der Waals surface area contributed by atoms with Crippen LogP contribution in [0.15, 0.2) is 70.8 Å². The van der Waals surface area contributed by atoms with Crippen molar-refractivity contribution in [2.45, 2.75) is 47.9 Å². The summed E-state index contributed by atoms with van der Waals surface area (Å²) in [4.78, 5) is 15.3. The van der Waals surface area contributed by atoms with Crippen molar-refractivity contribution in [1.29, 1.82) is 0 Å². The molecule has 1 N–H and O–H groups in total. The summed E-state index contributed by atoms with van der Waals surface area (Å²) in [6.07, 6.45) is 1.86. The van der Waals surface area contributed by atoms with Crippen molar-refractivity contribution in [3.05, 3.63) is 100 Å². The molecular formula is C32H31ClF3N3O5S2. The van der Waals surface area contributed by atoms with Crippen molar-refractivity contribution in [3.8, 4) is 11.4 Å². The zero-order valence-corrected chi connectivity index (χ0v) is 27.5. The molecule has 0 saturated carbocycles. The van der Waals surface area contributed by atoms with Crippen molar-refractivity contribution in [3.63, 3.8) is 0 Å². The van der Waals surface area contributed by atoms with E-state index in [0.29, 0.717) is 27.3 Å². The molecule has 3 aromatic carbocycles. The van der Waals surface area contributed by atoms with Gasteiger partial charge in [0.2, 0.25) is 10.0 Å². The van der Waals surface area contributed by atoms with Crippen LogP contribution in [0.25, 0.3) is 5.69 Å². The first-order valence-electron chi connectivity index (χ1n) is 14.3. The Balaban J connectivity index is 1.45. The van der Waals surface area contributed by atoms with Crippen LogP contribution >= 0.6 is 23.4 Å². The number of carboxylic acid groups (broad SMARTS) is 1. The molecule has 4 aromatic rings. The zero-order chi connectivity index (χ0) is 33.4. The lowest BCUT2D eigenvalue weighted by Crippen LogP contribution is -2.40. The topological polar surface area (TPSA) is 102 Å². The molecular weight excluding hydrogens is 663 g/mol. The minimum absolute atomic E-state index is 0.0618. The molecule has 0 radical (unpaired) electrons. The van der Waals surface area contributed by atoms with Crippen LogP contribution in [0.3, 0.4) is 0 Å². The molecule has 0 unspecified atom stereocenters. The molecule has 8 nitrogen and oxygen atoms in total. The van der Waals surface area contributed by atoms with E-state index < -0.39 is 49.7 Å². The van der Waals surface area contributed by atoms with E-state index in [0.717, 1.165) is 33.8 Å². The van der Waals surface area contributed by atoms with E-state index in [-0.39, 0.29) is 37.2 Å². The zero-order valence-electron chi connectivity index (χ0n) is 25.1. The Morgan fingerprint density at radius 2 is 1.70 bits per heavy atom. The number of hydrogen-bond acceptors (Lipinski definition) is 6. The molecule has 0 aliphatic carbocycles. The highest BCUT2D eigenvalue weighted by molar-refractivity contribution is 7.98. The molecule has 0 atom stereocenters. The van der Waals surface area contributed by atoms with Crippen molar-refractivity contribution in [1.82, 2.24) is 13.9 Å². The number of hydrogen-bond donors (Lipinski definition) is 1. The minimum Gasteiger partial charge on any atom is -0.495 e. The normalized spacial score (nSPS) is 14.8. The highest BCUT2D eigenvalue weighted by Crippen LogP contribution is 2.39. The first kappa shape index (κ1) is 33.8. The smallest absolute Gasteiger partial charge is 0.306 e. The van der Waals surface area contributed by atoms with Gasteiger partial charge in [-0.05, 0) is 66.9 Å². The number of nitrogens with zero attached hydrogens (tertiary/aromatic N) is 3. The number of methoxy groups -OCH3 is 1. The number of aliphatic carboxylic acids is 1. The number of carbonyl (C=O) groups is 1. The van der Waals surface area contributed by atoms with Crippen LogP contribution in [0.1, 0.15) is 43.5 Å². The van der Waals surface area contributed by atoms with Gasteiger partial charge in [0, 0.05) is 35.5 Å². The largest absolute Gasteiger partial charge is 0.495 e. The van der Waals surface area contributed by atoms with Gasteiger partial charge in [0.05, 0.1) is 34.8 Å². The van der Waals surface area contributed by atoms with Gasteiger partial charge in [0.15, 0.2) is 5.16 Å². The van der Waals surface area contributed by atoms with Crippen LogP contribution in [0, 0.1) is 23.4 Å². The SMILES string of the molecule is COc1cc(C(C)(C)c2cnc(SCc3c(F)cc(S(=O)(=O)N4CCC(C(=O)O)CC4)cc3F)n2-c2ccc(F)cc2)ccc1Cl. The second-order valence-corrected chi connectivity index (χ2v) is 14.7. The summed E-state index contributed by atoms with van der Waals surface area (Å²) < 4.78 is 79.1. The summed E-state index contributed by atoms with van der Waals surface area (Å²) in [6, 6.07) is 12.7. The number of thioether (sulfide) groups is 1. The summed E-state index contributed by atoms with van der Waals surface area (Å²) in [5, 5.41) is 10.0. The van der Waals surface area contributed by atoms with Gasteiger partial charge in [-0.1, -0.05) is 43.3 Å². The van der Waals surface area contributed by atoms with Gasteiger partial charge in [-0.25, -0.2) is 26.6 Å². The highest BCUT2D eigenvalue weighted by Gasteiger charge is 2.34. The molecule has 1 aromatic heterocycles. The van der Waals surface area contributed by atoms with Gasteiger partial charge in [0.25, 0.3) is 0 Å². The molecule has 2 heterocycles. The van der Waals surface area contributed by atoms with Gasteiger partial charge in [-0.15, -0.1) is 0 Å². The van der Waals surface area contributed by atoms with Crippen molar-refractivity contribution in [2.75, 3.05) is 20.2 Å². The third kappa shape index (κ3) is 6.64. The van der Waals surface area contributed by atoms with E-state index in [9.17, 15) is 22.7 Å². The van der Waals surface area contributed by atoms with E-state index in [4.69, 9.17) is 16.3 Å². The quantitative estimate of drug-likeness (QED) is 0.178.